The van der Waals surface area contributed by atoms with Gasteiger partial charge in [-0.15, -0.1) is 0 Å². The molecule has 0 aliphatic heterocycles. The molecule has 6 heteroatoms. The quantitative estimate of drug-likeness (QED) is 0.480. The first-order valence-corrected chi connectivity index (χ1v) is 8.33. The lowest BCUT2D eigenvalue weighted by Gasteiger charge is -2.23. The van der Waals surface area contributed by atoms with Crippen molar-refractivity contribution >= 4 is 17.3 Å². The second-order valence-corrected chi connectivity index (χ2v) is 5.88. The minimum absolute atomic E-state index is 0.0620. The average Bonchev–Trinajstić information content (AvgIpc) is 2.72. The van der Waals surface area contributed by atoms with E-state index >= 15 is 0 Å². The molecule has 0 N–H and O–H groups in total. The molecule has 0 unspecified atom stereocenters. The summed E-state index contributed by atoms with van der Waals surface area (Å²) >= 11 is 0. The summed E-state index contributed by atoms with van der Waals surface area (Å²) in [6, 6.07) is 22.3. The molecule has 3 rings (SSSR count). The van der Waals surface area contributed by atoms with Gasteiger partial charge in [0.25, 0.3) is 11.6 Å². The van der Waals surface area contributed by atoms with Gasteiger partial charge in [0.05, 0.1) is 24.3 Å². The summed E-state index contributed by atoms with van der Waals surface area (Å²) in [6.45, 7) is 0.298. The Morgan fingerprint density at radius 1 is 1.00 bits per heavy atom. The molecule has 0 aromatic heterocycles. The van der Waals surface area contributed by atoms with Crippen LogP contribution in [0.25, 0.3) is 0 Å². The Hall–Kier alpha value is -3.67. The molecule has 0 saturated heterocycles. The zero-order valence-corrected chi connectivity index (χ0v) is 14.7. The van der Waals surface area contributed by atoms with Crippen LogP contribution in [0, 0.1) is 10.1 Å². The predicted octanol–water partition coefficient (Wildman–Crippen LogP) is 4.45. The van der Waals surface area contributed by atoms with Crippen LogP contribution in [0.4, 0.5) is 11.4 Å². The van der Waals surface area contributed by atoms with Crippen molar-refractivity contribution in [2.75, 3.05) is 12.0 Å². The fraction of sp³-hybridized carbons (Fsp3) is 0.0952. The highest BCUT2D eigenvalue weighted by molar-refractivity contribution is 6.06. The van der Waals surface area contributed by atoms with Crippen LogP contribution >= 0.6 is 0 Å². The van der Waals surface area contributed by atoms with E-state index in [0.717, 1.165) is 5.56 Å². The highest BCUT2D eigenvalue weighted by Crippen LogP contribution is 2.25. The van der Waals surface area contributed by atoms with Crippen LogP contribution in [0.15, 0.2) is 78.9 Å². The van der Waals surface area contributed by atoms with E-state index in [0.29, 0.717) is 23.5 Å². The average molecular weight is 362 g/mol. The summed E-state index contributed by atoms with van der Waals surface area (Å²) < 4.78 is 5.13. The summed E-state index contributed by atoms with van der Waals surface area (Å²) in [5.41, 5.74) is 1.80. The molecule has 1 amide bonds. The van der Waals surface area contributed by atoms with Gasteiger partial charge in [-0.2, -0.15) is 0 Å². The molecule has 6 nitrogen and oxygen atoms in total. The number of nitrogens with zero attached hydrogens (tertiary/aromatic N) is 2. The third-order valence-electron chi connectivity index (χ3n) is 4.12. The number of amides is 1. The number of hydrogen-bond donors (Lipinski definition) is 0. The molecule has 136 valence electrons. The number of carbonyl (C=O) groups excluding carboxylic acids is 1. The molecule has 0 spiro atoms. The number of non-ortho nitro benzene ring substituents is 1. The Morgan fingerprint density at radius 3 is 2.33 bits per heavy atom. The van der Waals surface area contributed by atoms with E-state index in [1.54, 1.807) is 43.5 Å². The van der Waals surface area contributed by atoms with Crippen molar-refractivity contribution in [2.24, 2.45) is 0 Å². The summed E-state index contributed by atoms with van der Waals surface area (Å²) in [5, 5.41) is 11.1. The Kier molecular flexibility index (Phi) is 5.47. The molecule has 0 aliphatic rings. The second kappa shape index (κ2) is 8.14. The van der Waals surface area contributed by atoms with Gasteiger partial charge in [-0.3, -0.25) is 14.9 Å². The van der Waals surface area contributed by atoms with E-state index in [1.165, 1.54) is 17.0 Å². The maximum Gasteiger partial charge on any atom is 0.271 e. The Bertz CT molecular complexity index is 940. The maximum atomic E-state index is 13.1. The van der Waals surface area contributed by atoms with E-state index in [1.807, 2.05) is 30.3 Å². The minimum Gasteiger partial charge on any atom is -0.497 e. The number of methoxy groups -OCH3 is 1. The van der Waals surface area contributed by atoms with Gasteiger partial charge < -0.3 is 9.64 Å². The van der Waals surface area contributed by atoms with Gasteiger partial charge in [-0.05, 0) is 35.9 Å². The smallest absolute Gasteiger partial charge is 0.271 e. The van der Waals surface area contributed by atoms with E-state index in [-0.39, 0.29) is 11.6 Å². The van der Waals surface area contributed by atoms with Crippen molar-refractivity contribution in [3.8, 4) is 5.75 Å². The van der Waals surface area contributed by atoms with Gasteiger partial charge in [-0.25, -0.2) is 0 Å². The number of ether oxygens (including phenoxy) is 1. The van der Waals surface area contributed by atoms with Gasteiger partial charge in [-0.1, -0.05) is 36.4 Å². The van der Waals surface area contributed by atoms with Crippen LogP contribution in [-0.2, 0) is 6.54 Å². The lowest BCUT2D eigenvalue weighted by atomic mass is 10.1. The predicted molar refractivity (Wildman–Crippen MR) is 103 cm³/mol. The molecule has 0 aliphatic carbocycles. The maximum absolute atomic E-state index is 13.1. The summed E-state index contributed by atoms with van der Waals surface area (Å²) in [6.07, 6.45) is 0. The van der Waals surface area contributed by atoms with Crippen LogP contribution in [0.5, 0.6) is 5.75 Å². The highest BCUT2D eigenvalue weighted by Gasteiger charge is 2.20. The molecular weight excluding hydrogens is 344 g/mol. The van der Waals surface area contributed by atoms with Crippen LogP contribution in [0.1, 0.15) is 15.9 Å². The first-order valence-electron chi connectivity index (χ1n) is 8.33. The van der Waals surface area contributed by atoms with Crippen molar-refractivity contribution in [2.45, 2.75) is 6.54 Å². The molecule has 0 bridgehead atoms. The number of anilines is 1. The number of nitro groups is 1. The third-order valence-corrected chi connectivity index (χ3v) is 4.12. The highest BCUT2D eigenvalue weighted by atomic mass is 16.6. The molecule has 0 saturated carbocycles. The number of rotatable bonds is 6. The Balaban J connectivity index is 1.99. The Morgan fingerprint density at radius 2 is 1.70 bits per heavy atom. The number of nitro benzene ring substituents is 1. The van der Waals surface area contributed by atoms with E-state index < -0.39 is 4.92 Å². The minimum atomic E-state index is -0.470. The van der Waals surface area contributed by atoms with E-state index in [4.69, 9.17) is 4.74 Å². The van der Waals surface area contributed by atoms with Crippen LogP contribution in [0.3, 0.4) is 0 Å². The SMILES string of the molecule is COc1ccc(C(=O)N(Cc2ccccc2)c2cccc([N+](=O)[O-])c2)cc1. The lowest BCUT2D eigenvalue weighted by Crippen LogP contribution is -2.30. The van der Waals surface area contributed by atoms with Crippen molar-refractivity contribution < 1.29 is 14.5 Å². The molecule has 0 fully saturated rings. The fourth-order valence-electron chi connectivity index (χ4n) is 2.71. The molecule has 0 radical (unpaired) electrons. The second-order valence-electron chi connectivity index (χ2n) is 5.88. The van der Waals surface area contributed by atoms with Crippen molar-refractivity contribution in [1.82, 2.24) is 0 Å². The van der Waals surface area contributed by atoms with Crippen molar-refractivity contribution in [3.63, 3.8) is 0 Å². The normalized spacial score (nSPS) is 10.3. The van der Waals surface area contributed by atoms with Crippen LogP contribution in [-0.4, -0.2) is 17.9 Å². The zero-order valence-electron chi connectivity index (χ0n) is 14.7. The first-order chi connectivity index (χ1) is 13.1. The van der Waals surface area contributed by atoms with E-state index in [2.05, 4.69) is 0 Å². The van der Waals surface area contributed by atoms with Gasteiger partial charge in [0.15, 0.2) is 0 Å². The summed E-state index contributed by atoms with van der Waals surface area (Å²) in [5.74, 6) is 0.401. The molecule has 0 heterocycles. The van der Waals surface area contributed by atoms with Crippen molar-refractivity contribution in [3.05, 3.63) is 100 Å². The topological polar surface area (TPSA) is 72.7 Å². The standard InChI is InChI=1S/C21H18N2O4/c1-27-20-12-10-17(11-13-20)21(24)22(15-16-6-3-2-4-7-16)18-8-5-9-19(14-18)23(25)26/h2-14H,15H2,1H3. The van der Waals surface area contributed by atoms with E-state index in [9.17, 15) is 14.9 Å². The fourth-order valence-corrected chi connectivity index (χ4v) is 2.71. The molecular formula is C21H18N2O4. The molecule has 3 aromatic carbocycles. The van der Waals surface area contributed by atoms with Crippen LogP contribution in [0.2, 0.25) is 0 Å². The molecule has 3 aromatic rings. The lowest BCUT2D eigenvalue weighted by molar-refractivity contribution is -0.384. The summed E-state index contributed by atoms with van der Waals surface area (Å²) in [7, 11) is 1.56. The Labute approximate surface area is 156 Å². The monoisotopic (exact) mass is 362 g/mol. The van der Waals surface area contributed by atoms with Gasteiger partial charge in [0, 0.05) is 17.7 Å². The van der Waals surface area contributed by atoms with Gasteiger partial charge in [0.1, 0.15) is 5.75 Å². The first kappa shape index (κ1) is 18.1. The largest absolute Gasteiger partial charge is 0.497 e. The van der Waals surface area contributed by atoms with Gasteiger partial charge in [0.2, 0.25) is 0 Å². The molecule has 27 heavy (non-hydrogen) atoms. The number of hydrogen-bond acceptors (Lipinski definition) is 4. The van der Waals surface area contributed by atoms with Crippen LogP contribution < -0.4 is 9.64 Å². The number of carbonyl (C=O) groups is 1. The zero-order chi connectivity index (χ0) is 19.2. The third kappa shape index (κ3) is 4.30. The number of benzene rings is 3. The van der Waals surface area contributed by atoms with Crippen molar-refractivity contribution in [1.29, 1.82) is 0 Å². The summed E-state index contributed by atoms with van der Waals surface area (Å²) in [4.78, 5) is 25.3. The van der Waals surface area contributed by atoms with Gasteiger partial charge >= 0.3 is 0 Å². The molecule has 0 atom stereocenters.